The van der Waals surface area contributed by atoms with Gasteiger partial charge >= 0.3 is 0 Å². The SMILES string of the molecule is O=C(CCCOc1ccc(Cl)cc1Cl)Nc1nnc(CCBr)s1. The quantitative estimate of drug-likeness (QED) is 0.483. The Morgan fingerprint density at radius 1 is 1.35 bits per heavy atom. The molecule has 9 heteroatoms. The zero-order valence-electron chi connectivity index (χ0n) is 12.0. The highest BCUT2D eigenvalue weighted by atomic mass is 79.9. The molecule has 0 saturated carbocycles. The van der Waals surface area contributed by atoms with Crippen molar-refractivity contribution in [1.29, 1.82) is 0 Å². The fourth-order valence-electron chi connectivity index (χ4n) is 1.67. The number of nitrogens with one attached hydrogen (secondary N) is 1. The number of amides is 1. The van der Waals surface area contributed by atoms with Gasteiger partial charge in [-0.05, 0) is 24.6 Å². The van der Waals surface area contributed by atoms with E-state index in [0.29, 0.717) is 40.4 Å². The van der Waals surface area contributed by atoms with E-state index >= 15 is 0 Å². The molecule has 5 nitrogen and oxygen atoms in total. The van der Waals surface area contributed by atoms with Gasteiger partial charge in [0.05, 0.1) is 11.6 Å². The maximum atomic E-state index is 11.8. The number of hydrogen-bond acceptors (Lipinski definition) is 5. The van der Waals surface area contributed by atoms with Crippen molar-refractivity contribution in [2.45, 2.75) is 19.3 Å². The molecule has 0 bridgehead atoms. The third kappa shape index (κ3) is 6.25. The summed E-state index contributed by atoms with van der Waals surface area (Å²) in [6, 6.07) is 5.03. The second-order valence-corrected chi connectivity index (χ2v) is 7.21. The maximum absolute atomic E-state index is 11.8. The van der Waals surface area contributed by atoms with Gasteiger partial charge in [-0.1, -0.05) is 50.5 Å². The number of aromatic nitrogens is 2. The summed E-state index contributed by atoms with van der Waals surface area (Å²) in [6.45, 7) is 0.389. The van der Waals surface area contributed by atoms with Crippen LogP contribution in [-0.2, 0) is 11.2 Å². The first-order valence-electron chi connectivity index (χ1n) is 6.84. The van der Waals surface area contributed by atoms with Crippen molar-refractivity contribution < 1.29 is 9.53 Å². The minimum Gasteiger partial charge on any atom is -0.492 e. The van der Waals surface area contributed by atoms with Gasteiger partial charge in [-0.2, -0.15) is 0 Å². The highest BCUT2D eigenvalue weighted by Gasteiger charge is 2.08. The second kappa shape index (κ2) is 9.42. The first-order valence-corrected chi connectivity index (χ1v) is 9.54. The number of halogens is 3. The molecule has 1 aromatic carbocycles. The Balaban J connectivity index is 1.70. The Labute approximate surface area is 156 Å². The molecule has 2 aromatic rings. The predicted molar refractivity (Wildman–Crippen MR) is 97.2 cm³/mol. The van der Waals surface area contributed by atoms with E-state index in [1.54, 1.807) is 18.2 Å². The normalized spacial score (nSPS) is 10.6. The molecule has 0 fully saturated rings. The molecule has 23 heavy (non-hydrogen) atoms. The number of alkyl halides is 1. The topological polar surface area (TPSA) is 64.1 Å². The molecule has 0 atom stereocenters. The second-order valence-electron chi connectivity index (χ2n) is 4.51. The fraction of sp³-hybridized carbons (Fsp3) is 0.357. The van der Waals surface area contributed by atoms with Crippen LogP contribution in [0.4, 0.5) is 5.13 Å². The predicted octanol–water partition coefficient (Wildman–Crippen LogP) is 4.58. The zero-order chi connectivity index (χ0) is 16.7. The van der Waals surface area contributed by atoms with Gasteiger partial charge in [0.15, 0.2) is 0 Å². The highest BCUT2D eigenvalue weighted by Crippen LogP contribution is 2.27. The van der Waals surface area contributed by atoms with E-state index in [2.05, 4.69) is 31.4 Å². The van der Waals surface area contributed by atoms with Crippen LogP contribution in [0, 0.1) is 0 Å². The average Bonchev–Trinajstić information content (AvgIpc) is 2.93. The molecular weight excluding hydrogens is 425 g/mol. The van der Waals surface area contributed by atoms with E-state index in [4.69, 9.17) is 27.9 Å². The third-order valence-corrected chi connectivity index (χ3v) is 4.55. The standard InChI is InChI=1S/C14H14BrCl2N3O2S/c15-6-5-13-19-20-14(23-13)18-12(21)2-1-7-22-11-4-3-9(16)8-10(11)17/h3-4,8H,1-2,5-7H2,(H,18,20,21). The van der Waals surface area contributed by atoms with E-state index in [9.17, 15) is 4.79 Å². The molecule has 1 heterocycles. The van der Waals surface area contributed by atoms with Crippen LogP contribution in [0.5, 0.6) is 5.75 Å². The third-order valence-electron chi connectivity index (χ3n) is 2.72. The lowest BCUT2D eigenvalue weighted by Crippen LogP contribution is -2.12. The van der Waals surface area contributed by atoms with Gasteiger partial charge in [0, 0.05) is 23.2 Å². The lowest BCUT2D eigenvalue weighted by molar-refractivity contribution is -0.116. The van der Waals surface area contributed by atoms with E-state index < -0.39 is 0 Å². The molecule has 0 unspecified atom stereocenters. The summed E-state index contributed by atoms with van der Waals surface area (Å²) in [7, 11) is 0. The summed E-state index contributed by atoms with van der Waals surface area (Å²) in [5.41, 5.74) is 0. The van der Waals surface area contributed by atoms with E-state index in [1.165, 1.54) is 11.3 Å². The minimum atomic E-state index is -0.114. The molecule has 0 aliphatic heterocycles. The Bertz CT molecular complexity index is 669. The molecule has 124 valence electrons. The van der Waals surface area contributed by atoms with Gasteiger partial charge in [-0.3, -0.25) is 4.79 Å². The summed E-state index contributed by atoms with van der Waals surface area (Å²) in [5.74, 6) is 0.442. The molecule has 0 radical (unpaired) electrons. The van der Waals surface area contributed by atoms with Gasteiger partial charge in [-0.15, -0.1) is 10.2 Å². The molecule has 2 rings (SSSR count). The van der Waals surface area contributed by atoms with Gasteiger partial charge < -0.3 is 10.1 Å². The van der Waals surface area contributed by atoms with Crippen molar-refractivity contribution in [3.63, 3.8) is 0 Å². The van der Waals surface area contributed by atoms with E-state index in [-0.39, 0.29) is 5.91 Å². The smallest absolute Gasteiger partial charge is 0.226 e. The van der Waals surface area contributed by atoms with Crippen LogP contribution in [0.1, 0.15) is 17.8 Å². The van der Waals surface area contributed by atoms with Crippen molar-refractivity contribution in [2.24, 2.45) is 0 Å². The number of ether oxygens (including phenoxy) is 1. The lowest BCUT2D eigenvalue weighted by atomic mass is 10.3. The van der Waals surface area contributed by atoms with Crippen molar-refractivity contribution >= 4 is 61.5 Å². The summed E-state index contributed by atoms with van der Waals surface area (Å²) in [6.07, 6.45) is 1.69. The van der Waals surface area contributed by atoms with Crippen LogP contribution < -0.4 is 10.1 Å². The summed E-state index contributed by atoms with van der Waals surface area (Å²) >= 11 is 16.5. The summed E-state index contributed by atoms with van der Waals surface area (Å²) in [5, 5.41) is 13.9. The minimum absolute atomic E-state index is 0.114. The Morgan fingerprint density at radius 3 is 2.91 bits per heavy atom. The lowest BCUT2D eigenvalue weighted by Gasteiger charge is -2.07. The monoisotopic (exact) mass is 437 g/mol. The first kappa shape index (κ1) is 18.4. The molecule has 1 N–H and O–H groups in total. The number of carbonyl (C=O) groups excluding carboxylic acids is 1. The highest BCUT2D eigenvalue weighted by molar-refractivity contribution is 9.09. The van der Waals surface area contributed by atoms with Crippen LogP contribution in [0.15, 0.2) is 18.2 Å². The van der Waals surface area contributed by atoms with Crippen molar-refractivity contribution in [3.05, 3.63) is 33.3 Å². The Hall–Kier alpha value is -0.890. The number of aryl methyl sites for hydroxylation is 1. The number of rotatable bonds is 8. The molecule has 1 amide bonds. The number of benzene rings is 1. The fourth-order valence-corrected chi connectivity index (χ4v) is 3.53. The van der Waals surface area contributed by atoms with Crippen molar-refractivity contribution in [3.8, 4) is 5.75 Å². The number of nitrogens with zero attached hydrogens (tertiary/aromatic N) is 2. The van der Waals surface area contributed by atoms with Crippen molar-refractivity contribution in [1.82, 2.24) is 10.2 Å². The summed E-state index contributed by atoms with van der Waals surface area (Å²) in [4.78, 5) is 11.8. The molecule has 0 saturated heterocycles. The van der Waals surface area contributed by atoms with Crippen LogP contribution in [0.2, 0.25) is 10.0 Å². The Kier molecular flexibility index (Phi) is 7.55. The van der Waals surface area contributed by atoms with Gasteiger partial charge in [0.1, 0.15) is 10.8 Å². The number of anilines is 1. The summed E-state index contributed by atoms with van der Waals surface area (Å²) < 4.78 is 5.53. The molecule has 0 aliphatic carbocycles. The average molecular weight is 439 g/mol. The zero-order valence-corrected chi connectivity index (χ0v) is 15.9. The largest absolute Gasteiger partial charge is 0.492 e. The Morgan fingerprint density at radius 2 is 2.17 bits per heavy atom. The molecule has 0 spiro atoms. The van der Waals surface area contributed by atoms with Crippen LogP contribution in [0.25, 0.3) is 0 Å². The van der Waals surface area contributed by atoms with Crippen LogP contribution in [0.3, 0.4) is 0 Å². The van der Waals surface area contributed by atoms with Crippen LogP contribution in [-0.4, -0.2) is 28.0 Å². The van der Waals surface area contributed by atoms with E-state index in [0.717, 1.165) is 16.8 Å². The van der Waals surface area contributed by atoms with Gasteiger partial charge in [0.25, 0.3) is 0 Å². The van der Waals surface area contributed by atoms with Gasteiger partial charge in [0.2, 0.25) is 11.0 Å². The number of hydrogen-bond donors (Lipinski definition) is 1. The first-order chi connectivity index (χ1) is 11.1. The molecule has 1 aromatic heterocycles. The molecule has 0 aliphatic rings. The molecular formula is C14H14BrCl2N3O2S. The van der Waals surface area contributed by atoms with Crippen LogP contribution >= 0.6 is 50.5 Å². The van der Waals surface area contributed by atoms with Gasteiger partial charge in [-0.25, -0.2) is 0 Å². The number of carbonyl (C=O) groups is 1. The van der Waals surface area contributed by atoms with E-state index in [1.807, 2.05) is 0 Å². The maximum Gasteiger partial charge on any atom is 0.226 e. The van der Waals surface area contributed by atoms with Crippen molar-refractivity contribution in [2.75, 3.05) is 17.3 Å².